The highest BCUT2D eigenvalue weighted by atomic mass is 14.3. The lowest BCUT2D eigenvalue weighted by Gasteiger charge is -2.21. The maximum atomic E-state index is 8.58. The summed E-state index contributed by atoms with van der Waals surface area (Å²) in [4.78, 5) is 0. The molecule has 0 aromatic rings. The van der Waals surface area contributed by atoms with Crippen molar-refractivity contribution in [3.05, 3.63) is 0 Å². The molecule has 2 heteroatoms. The summed E-state index contributed by atoms with van der Waals surface area (Å²) in [6.45, 7) is 0. The fourth-order valence-corrected chi connectivity index (χ4v) is 1.89. The van der Waals surface area contributed by atoms with E-state index in [2.05, 4.69) is 0 Å². The van der Waals surface area contributed by atoms with E-state index in [9.17, 15) is 0 Å². The standard InChI is InChI=1S/C10H14N2/c11-7-10(8-12)6-9-4-2-1-3-5-9/h9-10H,1-6H2. The van der Waals surface area contributed by atoms with Crippen LogP contribution in [0.2, 0.25) is 0 Å². The molecule has 0 aromatic carbocycles. The zero-order valence-corrected chi connectivity index (χ0v) is 7.29. The Morgan fingerprint density at radius 2 is 1.67 bits per heavy atom. The Kier molecular flexibility index (Phi) is 3.61. The van der Waals surface area contributed by atoms with Crippen LogP contribution in [0.3, 0.4) is 0 Å². The maximum absolute atomic E-state index is 8.58. The van der Waals surface area contributed by atoms with Crippen LogP contribution in [0.25, 0.3) is 0 Å². The van der Waals surface area contributed by atoms with Gasteiger partial charge in [-0.25, -0.2) is 0 Å². The zero-order valence-electron chi connectivity index (χ0n) is 7.29. The smallest absolute Gasteiger partial charge is 0.133 e. The Morgan fingerprint density at radius 1 is 1.08 bits per heavy atom. The largest absolute Gasteiger partial charge is 0.197 e. The molecule has 1 fully saturated rings. The predicted octanol–water partition coefficient (Wildman–Crippen LogP) is 2.62. The molecule has 12 heavy (non-hydrogen) atoms. The molecule has 1 rings (SSSR count). The first-order chi connectivity index (χ1) is 5.86. The molecule has 0 saturated heterocycles. The second-order valence-electron chi connectivity index (χ2n) is 3.55. The van der Waals surface area contributed by atoms with E-state index >= 15 is 0 Å². The lowest BCUT2D eigenvalue weighted by Crippen LogP contribution is -2.10. The van der Waals surface area contributed by atoms with Gasteiger partial charge in [-0.2, -0.15) is 10.5 Å². The maximum Gasteiger partial charge on any atom is 0.133 e. The van der Waals surface area contributed by atoms with Crippen molar-refractivity contribution in [3.8, 4) is 12.1 Å². The number of rotatable bonds is 2. The van der Waals surface area contributed by atoms with Crippen molar-refractivity contribution in [1.82, 2.24) is 0 Å². The summed E-state index contributed by atoms with van der Waals surface area (Å²) in [5.41, 5.74) is 0. The van der Waals surface area contributed by atoms with E-state index in [-0.39, 0.29) is 5.92 Å². The molecule has 1 aliphatic rings. The average molecular weight is 162 g/mol. The topological polar surface area (TPSA) is 47.6 Å². The first kappa shape index (κ1) is 9.07. The summed E-state index contributed by atoms with van der Waals surface area (Å²) in [7, 11) is 0. The summed E-state index contributed by atoms with van der Waals surface area (Å²) in [6, 6.07) is 4.08. The molecule has 0 radical (unpaired) electrons. The van der Waals surface area contributed by atoms with Gasteiger partial charge in [-0.1, -0.05) is 32.1 Å². The third-order valence-electron chi connectivity index (χ3n) is 2.61. The molecule has 0 unspecified atom stereocenters. The number of nitrogens with zero attached hydrogens (tertiary/aromatic N) is 2. The fourth-order valence-electron chi connectivity index (χ4n) is 1.89. The van der Waals surface area contributed by atoms with Crippen molar-refractivity contribution in [1.29, 1.82) is 10.5 Å². The Morgan fingerprint density at radius 3 is 2.17 bits per heavy atom. The van der Waals surface area contributed by atoms with Gasteiger partial charge in [0.25, 0.3) is 0 Å². The minimum Gasteiger partial charge on any atom is -0.197 e. The molecule has 0 N–H and O–H groups in total. The van der Waals surface area contributed by atoms with E-state index in [0.29, 0.717) is 5.92 Å². The van der Waals surface area contributed by atoms with Crippen LogP contribution in [-0.2, 0) is 0 Å². The second kappa shape index (κ2) is 4.78. The third kappa shape index (κ3) is 2.55. The summed E-state index contributed by atoms with van der Waals surface area (Å²) in [5, 5.41) is 17.2. The Hall–Kier alpha value is -1.02. The summed E-state index contributed by atoms with van der Waals surface area (Å²) in [6.07, 6.45) is 7.15. The van der Waals surface area contributed by atoms with Gasteiger partial charge in [0.1, 0.15) is 5.92 Å². The van der Waals surface area contributed by atoms with Gasteiger partial charge in [-0.15, -0.1) is 0 Å². The average Bonchev–Trinajstić information content (AvgIpc) is 2.16. The van der Waals surface area contributed by atoms with Crippen LogP contribution in [-0.4, -0.2) is 0 Å². The monoisotopic (exact) mass is 162 g/mol. The second-order valence-corrected chi connectivity index (χ2v) is 3.55. The van der Waals surface area contributed by atoms with Crippen molar-refractivity contribution in [2.24, 2.45) is 11.8 Å². The Balaban J connectivity index is 2.30. The molecule has 0 atom stereocenters. The Bertz CT molecular complexity index is 189. The van der Waals surface area contributed by atoms with E-state index in [1.165, 1.54) is 32.1 Å². The highest BCUT2D eigenvalue weighted by Crippen LogP contribution is 2.28. The summed E-state index contributed by atoms with van der Waals surface area (Å²) in [5.74, 6) is 0.274. The van der Waals surface area contributed by atoms with Crippen LogP contribution >= 0.6 is 0 Å². The van der Waals surface area contributed by atoms with Crippen LogP contribution < -0.4 is 0 Å². The van der Waals surface area contributed by atoms with Gasteiger partial charge in [0.05, 0.1) is 12.1 Å². The minimum atomic E-state index is -0.368. The molecule has 0 aliphatic heterocycles. The molecule has 0 aromatic heterocycles. The molecular formula is C10H14N2. The van der Waals surface area contributed by atoms with E-state index < -0.39 is 0 Å². The van der Waals surface area contributed by atoms with Crippen molar-refractivity contribution in [2.75, 3.05) is 0 Å². The highest BCUT2D eigenvalue weighted by molar-refractivity contribution is 4.99. The van der Waals surface area contributed by atoms with E-state index in [1.807, 2.05) is 12.1 Å². The van der Waals surface area contributed by atoms with Gasteiger partial charge >= 0.3 is 0 Å². The van der Waals surface area contributed by atoms with Gasteiger partial charge in [0.2, 0.25) is 0 Å². The van der Waals surface area contributed by atoms with Gasteiger partial charge in [0, 0.05) is 0 Å². The molecule has 0 bridgehead atoms. The van der Waals surface area contributed by atoms with Crippen LogP contribution in [0.15, 0.2) is 0 Å². The summed E-state index contributed by atoms with van der Waals surface area (Å²) >= 11 is 0. The van der Waals surface area contributed by atoms with Crippen LogP contribution in [0.4, 0.5) is 0 Å². The molecule has 64 valence electrons. The van der Waals surface area contributed by atoms with Gasteiger partial charge < -0.3 is 0 Å². The van der Waals surface area contributed by atoms with Crippen molar-refractivity contribution in [3.63, 3.8) is 0 Å². The molecule has 1 aliphatic carbocycles. The normalized spacial score (nSPS) is 18.6. The van der Waals surface area contributed by atoms with Crippen molar-refractivity contribution < 1.29 is 0 Å². The van der Waals surface area contributed by atoms with Crippen molar-refractivity contribution in [2.45, 2.75) is 38.5 Å². The minimum absolute atomic E-state index is 0.368. The number of nitriles is 2. The SMILES string of the molecule is N#CC(C#N)CC1CCCCC1. The number of hydrogen-bond donors (Lipinski definition) is 0. The van der Waals surface area contributed by atoms with E-state index in [0.717, 1.165) is 6.42 Å². The summed E-state index contributed by atoms with van der Waals surface area (Å²) < 4.78 is 0. The number of hydrogen-bond acceptors (Lipinski definition) is 2. The van der Waals surface area contributed by atoms with Crippen LogP contribution in [0, 0.1) is 34.5 Å². The van der Waals surface area contributed by atoms with Crippen LogP contribution in [0.5, 0.6) is 0 Å². The van der Waals surface area contributed by atoms with Gasteiger partial charge in [-0.3, -0.25) is 0 Å². The van der Waals surface area contributed by atoms with E-state index in [1.54, 1.807) is 0 Å². The molecule has 1 saturated carbocycles. The Labute approximate surface area is 73.8 Å². The van der Waals surface area contributed by atoms with Crippen molar-refractivity contribution >= 4 is 0 Å². The first-order valence-corrected chi connectivity index (χ1v) is 4.66. The first-order valence-electron chi connectivity index (χ1n) is 4.66. The molecule has 2 nitrogen and oxygen atoms in total. The van der Waals surface area contributed by atoms with Gasteiger partial charge in [0.15, 0.2) is 0 Å². The predicted molar refractivity (Wildman–Crippen MR) is 45.9 cm³/mol. The quantitative estimate of drug-likeness (QED) is 0.626. The lowest BCUT2D eigenvalue weighted by molar-refractivity contribution is 0.327. The van der Waals surface area contributed by atoms with Gasteiger partial charge in [-0.05, 0) is 12.3 Å². The molecule has 0 heterocycles. The third-order valence-corrected chi connectivity index (χ3v) is 2.61. The fraction of sp³-hybridized carbons (Fsp3) is 0.800. The molecule has 0 amide bonds. The van der Waals surface area contributed by atoms with E-state index in [4.69, 9.17) is 10.5 Å². The molecular weight excluding hydrogens is 148 g/mol. The lowest BCUT2D eigenvalue weighted by atomic mass is 9.83. The molecule has 0 spiro atoms. The van der Waals surface area contributed by atoms with Crippen LogP contribution in [0.1, 0.15) is 38.5 Å². The zero-order chi connectivity index (χ0) is 8.81. The highest BCUT2D eigenvalue weighted by Gasteiger charge is 2.17.